The number of hydrogen-bond acceptors (Lipinski definition) is 4. The highest BCUT2D eigenvalue weighted by molar-refractivity contribution is 7.98. The summed E-state index contributed by atoms with van der Waals surface area (Å²) in [4.78, 5) is 2.37. The minimum Gasteiger partial charge on any atom is -0.329 e. The molecule has 0 saturated heterocycles. The minimum atomic E-state index is 0.260. The molecule has 2 atom stereocenters. The maximum absolute atomic E-state index is 5.99. The molecule has 2 N–H and O–H groups in total. The highest BCUT2D eigenvalue weighted by atomic mass is 32.2. The van der Waals surface area contributed by atoms with E-state index in [-0.39, 0.29) is 6.04 Å². The molecule has 104 valence electrons. The zero-order chi connectivity index (χ0) is 13.7. The van der Waals surface area contributed by atoms with Crippen LogP contribution in [0.4, 0.5) is 0 Å². The molecule has 0 aliphatic carbocycles. The molecule has 4 nitrogen and oxygen atoms in total. The van der Waals surface area contributed by atoms with Crippen LogP contribution < -0.4 is 5.73 Å². The standard InChI is InChI=1S/C13H26N4S/c1-6-12-11(8-16(3)15-12)13(7-14)17(4)10(2)9-18-5/h8,10,13H,6-7,9,14H2,1-5H3. The lowest BCUT2D eigenvalue weighted by molar-refractivity contribution is 0.203. The molecule has 0 bridgehead atoms. The zero-order valence-electron chi connectivity index (χ0n) is 12.2. The monoisotopic (exact) mass is 270 g/mol. The van der Waals surface area contributed by atoms with E-state index in [0.717, 1.165) is 17.9 Å². The summed E-state index contributed by atoms with van der Waals surface area (Å²) in [6.45, 7) is 5.03. The van der Waals surface area contributed by atoms with Crippen LogP contribution in [0, 0.1) is 0 Å². The van der Waals surface area contributed by atoms with E-state index in [2.05, 4.69) is 43.3 Å². The first-order valence-corrected chi connectivity index (χ1v) is 7.87. The molecule has 1 aromatic heterocycles. The van der Waals surface area contributed by atoms with Crippen molar-refractivity contribution < 1.29 is 0 Å². The largest absolute Gasteiger partial charge is 0.329 e. The fourth-order valence-corrected chi connectivity index (χ4v) is 3.00. The van der Waals surface area contributed by atoms with E-state index < -0.39 is 0 Å². The number of aryl methyl sites for hydroxylation is 2. The van der Waals surface area contributed by atoms with Gasteiger partial charge in [0, 0.05) is 37.1 Å². The number of thioether (sulfide) groups is 1. The van der Waals surface area contributed by atoms with Gasteiger partial charge in [0.25, 0.3) is 0 Å². The first-order valence-electron chi connectivity index (χ1n) is 6.48. The number of aromatic nitrogens is 2. The lowest BCUT2D eigenvalue weighted by Crippen LogP contribution is -2.38. The van der Waals surface area contributed by atoms with E-state index in [1.807, 2.05) is 23.5 Å². The Morgan fingerprint density at radius 2 is 2.22 bits per heavy atom. The number of nitrogens with two attached hydrogens (primary N) is 1. The summed E-state index contributed by atoms with van der Waals surface area (Å²) in [5, 5.41) is 4.51. The van der Waals surface area contributed by atoms with Gasteiger partial charge in [-0.15, -0.1) is 0 Å². The Kier molecular flexibility index (Phi) is 6.18. The van der Waals surface area contributed by atoms with E-state index >= 15 is 0 Å². The van der Waals surface area contributed by atoms with Crippen molar-refractivity contribution in [1.29, 1.82) is 0 Å². The Labute approximate surface area is 115 Å². The maximum atomic E-state index is 5.99. The molecule has 5 heteroatoms. The van der Waals surface area contributed by atoms with Crippen LogP contribution in [0.15, 0.2) is 6.20 Å². The van der Waals surface area contributed by atoms with Gasteiger partial charge in [0.05, 0.1) is 11.7 Å². The fraction of sp³-hybridized carbons (Fsp3) is 0.769. The topological polar surface area (TPSA) is 47.1 Å². The van der Waals surface area contributed by atoms with Crippen LogP contribution in [0.2, 0.25) is 0 Å². The van der Waals surface area contributed by atoms with Gasteiger partial charge in [-0.05, 0) is 26.6 Å². The summed E-state index contributed by atoms with van der Waals surface area (Å²) in [5.41, 5.74) is 8.43. The summed E-state index contributed by atoms with van der Waals surface area (Å²) in [6, 6.07) is 0.772. The predicted octanol–water partition coefficient (Wildman–Crippen LogP) is 1.67. The van der Waals surface area contributed by atoms with Gasteiger partial charge in [-0.3, -0.25) is 9.58 Å². The van der Waals surface area contributed by atoms with Crippen LogP contribution in [-0.4, -0.2) is 46.3 Å². The Morgan fingerprint density at radius 3 is 2.72 bits per heavy atom. The third-order valence-electron chi connectivity index (χ3n) is 3.45. The number of hydrogen-bond donors (Lipinski definition) is 1. The van der Waals surface area contributed by atoms with Crippen LogP contribution in [0.3, 0.4) is 0 Å². The molecule has 1 heterocycles. The van der Waals surface area contributed by atoms with Crippen molar-refractivity contribution >= 4 is 11.8 Å². The molecule has 2 unspecified atom stereocenters. The number of likely N-dealkylation sites (N-methyl/N-ethyl adjacent to an activating group) is 1. The van der Waals surface area contributed by atoms with Gasteiger partial charge in [0.15, 0.2) is 0 Å². The van der Waals surface area contributed by atoms with Gasteiger partial charge >= 0.3 is 0 Å². The van der Waals surface area contributed by atoms with Crippen molar-refractivity contribution in [2.75, 3.05) is 25.6 Å². The normalized spacial score (nSPS) is 15.1. The van der Waals surface area contributed by atoms with Crippen LogP contribution in [0.25, 0.3) is 0 Å². The van der Waals surface area contributed by atoms with Crippen LogP contribution in [-0.2, 0) is 13.5 Å². The van der Waals surface area contributed by atoms with Crippen molar-refractivity contribution in [2.45, 2.75) is 32.4 Å². The predicted molar refractivity (Wildman–Crippen MR) is 80.0 cm³/mol. The van der Waals surface area contributed by atoms with E-state index in [9.17, 15) is 0 Å². The van der Waals surface area contributed by atoms with Crippen molar-refractivity contribution in [3.8, 4) is 0 Å². The number of rotatable bonds is 7. The second-order valence-corrected chi connectivity index (χ2v) is 5.69. The van der Waals surface area contributed by atoms with Gasteiger partial charge in [-0.2, -0.15) is 16.9 Å². The SMILES string of the molecule is CCc1nn(C)cc1C(CN)N(C)C(C)CSC. The van der Waals surface area contributed by atoms with E-state index in [4.69, 9.17) is 5.73 Å². The van der Waals surface area contributed by atoms with E-state index in [1.165, 1.54) is 5.56 Å². The Balaban J connectivity index is 2.94. The highest BCUT2D eigenvalue weighted by Crippen LogP contribution is 2.24. The summed E-state index contributed by atoms with van der Waals surface area (Å²) < 4.78 is 1.89. The molecule has 1 rings (SSSR count). The lowest BCUT2D eigenvalue weighted by Gasteiger charge is -2.32. The molecule has 0 fully saturated rings. The van der Waals surface area contributed by atoms with Crippen molar-refractivity contribution in [3.05, 3.63) is 17.5 Å². The first-order chi connectivity index (χ1) is 8.54. The lowest BCUT2D eigenvalue weighted by atomic mass is 10.0. The quantitative estimate of drug-likeness (QED) is 0.818. The molecule has 0 spiro atoms. The number of nitrogens with zero attached hydrogens (tertiary/aromatic N) is 3. The van der Waals surface area contributed by atoms with Crippen molar-refractivity contribution in [2.24, 2.45) is 12.8 Å². The van der Waals surface area contributed by atoms with Crippen molar-refractivity contribution in [1.82, 2.24) is 14.7 Å². The summed E-state index contributed by atoms with van der Waals surface area (Å²) in [6.07, 6.45) is 5.21. The molecular weight excluding hydrogens is 244 g/mol. The van der Waals surface area contributed by atoms with E-state index in [0.29, 0.717) is 12.6 Å². The van der Waals surface area contributed by atoms with Crippen LogP contribution >= 0.6 is 11.8 Å². The fourth-order valence-electron chi connectivity index (χ4n) is 2.28. The van der Waals surface area contributed by atoms with Gasteiger partial charge in [0.1, 0.15) is 0 Å². The molecule has 0 aromatic carbocycles. The Hall–Kier alpha value is -0.520. The Morgan fingerprint density at radius 1 is 1.56 bits per heavy atom. The smallest absolute Gasteiger partial charge is 0.0670 e. The highest BCUT2D eigenvalue weighted by Gasteiger charge is 2.23. The molecule has 0 radical (unpaired) electrons. The third-order valence-corrected chi connectivity index (χ3v) is 4.27. The minimum absolute atomic E-state index is 0.260. The maximum Gasteiger partial charge on any atom is 0.0670 e. The average molecular weight is 270 g/mol. The molecule has 1 aromatic rings. The average Bonchev–Trinajstić information content (AvgIpc) is 2.71. The molecule has 18 heavy (non-hydrogen) atoms. The van der Waals surface area contributed by atoms with E-state index in [1.54, 1.807) is 0 Å². The van der Waals surface area contributed by atoms with Gasteiger partial charge in [-0.25, -0.2) is 0 Å². The van der Waals surface area contributed by atoms with Crippen molar-refractivity contribution in [3.63, 3.8) is 0 Å². The summed E-state index contributed by atoms with van der Waals surface area (Å²) in [5.74, 6) is 1.12. The molecule has 0 aliphatic rings. The summed E-state index contributed by atoms with van der Waals surface area (Å²) in [7, 11) is 4.13. The first kappa shape index (κ1) is 15.5. The third kappa shape index (κ3) is 3.49. The van der Waals surface area contributed by atoms with Gasteiger partial charge < -0.3 is 5.73 Å². The van der Waals surface area contributed by atoms with Gasteiger partial charge in [-0.1, -0.05) is 6.92 Å². The Bertz CT molecular complexity index is 364. The zero-order valence-corrected chi connectivity index (χ0v) is 13.0. The molecule has 0 saturated carbocycles. The molecular formula is C13H26N4S. The summed E-state index contributed by atoms with van der Waals surface area (Å²) >= 11 is 1.87. The van der Waals surface area contributed by atoms with Crippen LogP contribution in [0.5, 0.6) is 0 Å². The second-order valence-electron chi connectivity index (χ2n) is 4.78. The molecule has 0 aliphatic heterocycles. The van der Waals surface area contributed by atoms with Crippen LogP contribution in [0.1, 0.15) is 31.1 Å². The second kappa shape index (κ2) is 7.16. The molecule has 0 amide bonds. The van der Waals surface area contributed by atoms with Gasteiger partial charge in [0.2, 0.25) is 0 Å².